The van der Waals surface area contributed by atoms with Crippen LogP contribution in [0.5, 0.6) is 11.8 Å². The van der Waals surface area contributed by atoms with Crippen LogP contribution in [-0.4, -0.2) is 150 Å². The van der Waals surface area contributed by atoms with Gasteiger partial charge in [-0.05, 0) is 111 Å². The number of phenolic OH excluding ortho intramolecular Hbond substituents is 1. The van der Waals surface area contributed by atoms with Gasteiger partial charge in [-0.2, -0.15) is 9.97 Å². The normalized spacial score (nSPS) is 23.1. The molecule has 0 spiro atoms. The van der Waals surface area contributed by atoms with E-state index in [1.54, 1.807) is 42.8 Å². The number of piperazine rings is 1. The predicted octanol–water partition coefficient (Wildman–Crippen LogP) is 8.84. The van der Waals surface area contributed by atoms with E-state index in [-0.39, 0.29) is 103 Å². The van der Waals surface area contributed by atoms with E-state index in [2.05, 4.69) is 30.6 Å². The second-order valence-corrected chi connectivity index (χ2v) is 24.7. The third kappa shape index (κ3) is 11.0. The van der Waals surface area contributed by atoms with Crippen molar-refractivity contribution in [2.45, 2.75) is 140 Å². The van der Waals surface area contributed by atoms with Crippen molar-refractivity contribution >= 4 is 56.7 Å². The van der Waals surface area contributed by atoms with Gasteiger partial charge in [0.15, 0.2) is 5.82 Å². The number of carbonyl (C=O) groups is 3. The van der Waals surface area contributed by atoms with Crippen molar-refractivity contribution in [1.82, 2.24) is 50.4 Å². The molecule has 0 aliphatic carbocycles. The highest BCUT2D eigenvalue weighted by Crippen LogP contribution is 2.44. The van der Waals surface area contributed by atoms with Crippen LogP contribution in [0.25, 0.3) is 43.4 Å². The Morgan fingerprint density at radius 1 is 1.01 bits per heavy atom. The first-order chi connectivity index (χ1) is 40.0. The average Bonchev–Trinajstić information content (AvgIpc) is 3.35. The summed E-state index contributed by atoms with van der Waals surface area (Å²) >= 11 is 1.57. The molecule has 4 N–H and O–H groups in total. The summed E-state index contributed by atoms with van der Waals surface area (Å²) in [6, 6.07) is 18.1. The number of aromatic nitrogens is 5. The van der Waals surface area contributed by atoms with Crippen LogP contribution in [0.4, 0.5) is 15.0 Å². The van der Waals surface area contributed by atoms with Crippen LogP contribution in [0, 0.1) is 18.7 Å². The summed E-state index contributed by atoms with van der Waals surface area (Å²) in [4.78, 5) is 69.4. The zero-order chi connectivity index (χ0) is 57.8. The molecule has 9 heterocycles. The van der Waals surface area contributed by atoms with E-state index < -0.39 is 30.0 Å². The number of anilines is 1. The number of hydrogen-bond donors (Lipinski definition) is 4. The fraction of sp³-hybridized carbons (Fsp3) is 0.484. The minimum absolute atomic E-state index is 0.00159. The molecule has 2 unspecified atom stereocenters. The number of pyridine rings is 1. The van der Waals surface area contributed by atoms with Crippen molar-refractivity contribution in [2.24, 2.45) is 5.92 Å². The summed E-state index contributed by atoms with van der Waals surface area (Å²) in [5, 5.41) is 34.8. The summed E-state index contributed by atoms with van der Waals surface area (Å²) in [5.41, 5.74) is 6.48. The van der Waals surface area contributed by atoms with Gasteiger partial charge in [0.25, 0.3) is 0 Å². The van der Waals surface area contributed by atoms with E-state index in [4.69, 9.17) is 28.9 Å². The number of aromatic hydroxyl groups is 1. The fourth-order valence-corrected chi connectivity index (χ4v) is 14.5. The van der Waals surface area contributed by atoms with E-state index in [1.807, 2.05) is 82.6 Å². The van der Waals surface area contributed by atoms with E-state index in [9.17, 15) is 24.6 Å². The molecule has 2 bridgehead atoms. The number of phenols is 1. The van der Waals surface area contributed by atoms with E-state index in [1.165, 1.54) is 9.80 Å². The molecular weight excluding hydrogens is 1080 g/mol. The number of aliphatic hydroxyl groups excluding tert-OH is 1. The summed E-state index contributed by atoms with van der Waals surface area (Å²) in [6.07, 6.45) is 6.48. The lowest BCUT2D eigenvalue weighted by molar-refractivity contribution is -0.141. The van der Waals surface area contributed by atoms with Gasteiger partial charge in [-0.15, -0.1) is 11.3 Å². The van der Waals surface area contributed by atoms with Crippen LogP contribution >= 0.6 is 11.3 Å². The number of likely N-dealkylation sites (tertiary alicyclic amines) is 1. The molecule has 5 aliphatic rings. The third-order valence-electron chi connectivity index (χ3n) is 17.9. The van der Waals surface area contributed by atoms with Crippen LogP contribution < -0.4 is 20.3 Å². The largest absolute Gasteiger partial charge is 0.508 e. The maximum Gasteiger partial charge on any atom is 0.409 e. The van der Waals surface area contributed by atoms with Gasteiger partial charge in [-0.1, -0.05) is 68.4 Å². The van der Waals surface area contributed by atoms with Crippen molar-refractivity contribution in [3.63, 3.8) is 0 Å². The first-order valence-corrected chi connectivity index (χ1v) is 30.1. The minimum atomic E-state index is -0.890. The van der Waals surface area contributed by atoms with Crippen LogP contribution in [0.3, 0.4) is 0 Å². The molecule has 5 saturated heterocycles. The average molecular weight is 1150 g/mol. The first kappa shape index (κ1) is 56.2. The van der Waals surface area contributed by atoms with Crippen molar-refractivity contribution in [3.8, 4) is 33.5 Å². The maximum absolute atomic E-state index is 17.4. The summed E-state index contributed by atoms with van der Waals surface area (Å²) in [7, 11) is 1.62. The van der Waals surface area contributed by atoms with Crippen LogP contribution in [-0.2, 0) is 27.3 Å². The number of thiazole rings is 1. The number of ether oxygens (including phenoxy) is 2. The molecule has 5 fully saturated rings. The topological polar surface area (TPSA) is 225 Å². The molecule has 8 atom stereocenters. The number of halogens is 1. The van der Waals surface area contributed by atoms with Crippen molar-refractivity contribution < 1.29 is 43.0 Å². The zero-order valence-corrected chi connectivity index (χ0v) is 48.6. The Bertz CT molecular complexity index is 3570. The van der Waals surface area contributed by atoms with Crippen LogP contribution in [0.1, 0.15) is 113 Å². The molecule has 5 aliphatic heterocycles. The number of amides is 3. The Labute approximate surface area is 485 Å². The van der Waals surface area contributed by atoms with Gasteiger partial charge in [0, 0.05) is 69.1 Å². The molecule has 4 aromatic heterocycles. The van der Waals surface area contributed by atoms with Gasteiger partial charge in [-0.3, -0.25) is 19.5 Å². The van der Waals surface area contributed by atoms with Gasteiger partial charge >= 0.3 is 12.1 Å². The fourth-order valence-electron chi connectivity index (χ4n) is 13.7. The number of benzene rings is 3. The number of nitrogens with zero attached hydrogens (tertiary/aromatic N) is 9. The number of β-amino-alcohol motifs (C(OH)–C–C–N with tert-alkyl or cyclic N) is 1. The molecule has 12 rings (SSSR count). The van der Waals surface area contributed by atoms with Crippen molar-refractivity contribution in [1.29, 1.82) is 0 Å². The molecule has 21 heteroatoms. The highest BCUT2D eigenvalue weighted by atomic mass is 32.1. The molecule has 19 nitrogen and oxygen atoms in total. The number of rotatable bonds is 17. The molecule has 3 aromatic carbocycles. The summed E-state index contributed by atoms with van der Waals surface area (Å²) in [5.74, 6) is -1.49. The van der Waals surface area contributed by atoms with Gasteiger partial charge in [0.1, 0.15) is 59.4 Å². The quantitative estimate of drug-likeness (QED) is 0.0668. The molecule has 7 aromatic rings. The maximum atomic E-state index is 17.4. The molecule has 0 radical (unpaired) electrons. The third-order valence-corrected chi connectivity index (χ3v) is 18.9. The first-order valence-electron chi connectivity index (χ1n) is 29.2. The number of fused-ring (bicyclic) bond motifs is 5. The molecule has 0 saturated carbocycles. The Morgan fingerprint density at radius 2 is 1.81 bits per heavy atom. The van der Waals surface area contributed by atoms with E-state index in [0.717, 1.165) is 83.1 Å². The van der Waals surface area contributed by atoms with Crippen molar-refractivity contribution in [2.75, 3.05) is 51.3 Å². The molecule has 83 heavy (non-hydrogen) atoms. The van der Waals surface area contributed by atoms with Gasteiger partial charge in [-0.25, -0.2) is 14.2 Å². The Kier molecular flexibility index (Phi) is 15.6. The van der Waals surface area contributed by atoms with Gasteiger partial charge in [0.05, 0.1) is 45.7 Å². The highest BCUT2D eigenvalue weighted by molar-refractivity contribution is 7.13. The lowest BCUT2D eigenvalue weighted by Gasteiger charge is -2.35. The Balaban J connectivity index is 0.691. The minimum Gasteiger partial charge on any atom is -0.508 e. The van der Waals surface area contributed by atoms with Crippen molar-refractivity contribution in [3.05, 3.63) is 106 Å². The molecular formula is C62H72FN11O8S. The number of nitrogens with one attached hydrogen (secondary N) is 2. The standard InChI is InChI=1S/C62H72FN11O8S/c1-7-37-10-8-11-40-22-45(75)24-47(52(37)40)54-53(63)55-48(26-64-54)57(72-28-41-16-17-42(29-72)67-41)69-60(68-55)81-32-62-19-9-21-74(62)44(18-20-62)31-80-61(79)71(6)27-43-23-50(82-70-43)51(34(2)3)59(78)73-30-46(76)25-49(73)58(77)66-35(4)38-12-14-39(15-13-38)56-36(5)65-33-83-56/h8,10-15,22-24,26,33-35,41-42,44,46,49,51,67,75-76H,7,9,16-21,25,27-32H2,1-6H3,(H,66,77)/t35-,41?,42?,44-,46+,49-,51+,62-/m0/s1. The summed E-state index contributed by atoms with van der Waals surface area (Å²) < 4.78 is 35.8. The highest BCUT2D eigenvalue weighted by Gasteiger charge is 2.51. The number of hydrogen-bond acceptors (Lipinski definition) is 17. The lowest BCUT2D eigenvalue weighted by atomic mass is 9.91. The Morgan fingerprint density at radius 3 is 2.55 bits per heavy atom. The van der Waals surface area contributed by atoms with Gasteiger partial charge in [0.2, 0.25) is 11.8 Å². The van der Waals surface area contributed by atoms with E-state index >= 15 is 4.39 Å². The van der Waals surface area contributed by atoms with Crippen LogP contribution in [0.2, 0.25) is 0 Å². The second-order valence-electron chi connectivity index (χ2n) is 23.8. The lowest BCUT2D eigenvalue weighted by Crippen LogP contribution is -2.51. The Hall–Kier alpha value is -7.33. The van der Waals surface area contributed by atoms with E-state index in [0.29, 0.717) is 47.7 Å². The number of carbonyl (C=O) groups excluding carboxylic acids is 3. The second kappa shape index (κ2) is 23.0. The number of aliphatic hydroxyl groups is 1. The molecule has 3 amide bonds. The predicted molar refractivity (Wildman–Crippen MR) is 312 cm³/mol. The summed E-state index contributed by atoms with van der Waals surface area (Å²) in [6.45, 7) is 12.4. The molecule has 436 valence electrons. The van der Waals surface area contributed by atoms with Gasteiger partial charge < -0.3 is 49.5 Å². The van der Waals surface area contributed by atoms with Crippen LogP contribution in [0.15, 0.2) is 76.9 Å². The monoisotopic (exact) mass is 1150 g/mol. The zero-order valence-electron chi connectivity index (χ0n) is 47.8. The smallest absolute Gasteiger partial charge is 0.409 e. The number of aryl methyl sites for hydroxylation is 2. The SMILES string of the molecule is CCc1cccc2cc(O)cc(-c3ncc4c(N5CC6CCC(C5)N6)nc(OC[C@@]56CCCN5[C@H](COC(=O)N(C)Cc5cc([C@H](C(=O)N7C[C@H](O)C[C@H]7C(=O)N[C@@H](C)c7ccc(-c8scnc8C)cc7)C(C)C)on5)CC6)nc4c3F)c12.